The number of allylic oxidation sites excluding steroid dienone is 4. The summed E-state index contributed by atoms with van der Waals surface area (Å²) in [6.07, 6.45) is 11.1. The summed E-state index contributed by atoms with van der Waals surface area (Å²) < 4.78 is 12.3. The van der Waals surface area contributed by atoms with Crippen LogP contribution in [0.15, 0.2) is 23.2 Å². The third-order valence-corrected chi connectivity index (χ3v) is 6.23. The summed E-state index contributed by atoms with van der Waals surface area (Å²) in [5.74, 6) is 1.10. The highest BCUT2D eigenvalue weighted by Gasteiger charge is 2.52. The van der Waals surface area contributed by atoms with Gasteiger partial charge in [-0.25, -0.2) is 0 Å². The Labute approximate surface area is 140 Å². The van der Waals surface area contributed by atoms with E-state index < -0.39 is 0 Å². The third-order valence-electron chi connectivity index (χ3n) is 6.23. The number of hydrogen-bond acceptors (Lipinski definition) is 3. The second kappa shape index (κ2) is 6.11. The summed E-state index contributed by atoms with van der Waals surface area (Å²) in [6, 6.07) is 2.41. The van der Waals surface area contributed by atoms with E-state index in [-0.39, 0.29) is 18.3 Å². The lowest BCUT2D eigenvalue weighted by atomic mass is 9.74. The smallest absolute Gasteiger partial charge is 0.400 e. The Morgan fingerprint density at radius 3 is 2.35 bits per heavy atom. The Kier molecular flexibility index (Phi) is 4.46. The molecule has 1 atom stereocenters. The minimum absolute atomic E-state index is 0.250. The summed E-state index contributed by atoms with van der Waals surface area (Å²) in [5.41, 5.74) is 2.03. The van der Waals surface area contributed by atoms with Gasteiger partial charge in [-0.3, -0.25) is 0 Å². The van der Waals surface area contributed by atoms with Crippen molar-refractivity contribution in [1.29, 1.82) is 5.26 Å². The molecule has 0 bridgehead atoms. The first kappa shape index (κ1) is 16.8. The Morgan fingerprint density at radius 1 is 1.17 bits per heavy atom. The van der Waals surface area contributed by atoms with Gasteiger partial charge in [-0.2, -0.15) is 5.26 Å². The van der Waals surface area contributed by atoms with Crippen molar-refractivity contribution in [2.75, 3.05) is 0 Å². The van der Waals surface area contributed by atoms with Gasteiger partial charge in [0.25, 0.3) is 0 Å². The van der Waals surface area contributed by atoms with E-state index >= 15 is 0 Å². The second-order valence-electron chi connectivity index (χ2n) is 8.26. The van der Waals surface area contributed by atoms with Crippen molar-refractivity contribution in [1.82, 2.24) is 0 Å². The van der Waals surface area contributed by atoms with Crippen LogP contribution in [-0.4, -0.2) is 18.3 Å². The van der Waals surface area contributed by atoms with Crippen LogP contribution in [0.3, 0.4) is 0 Å². The van der Waals surface area contributed by atoms with E-state index in [0.717, 1.165) is 6.42 Å². The number of nitrogens with zero attached hydrogens (tertiary/aromatic N) is 1. The van der Waals surface area contributed by atoms with Crippen LogP contribution >= 0.6 is 0 Å². The van der Waals surface area contributed by atoms with Gasteiger partial charge >= 0.3 is 7.12 Å². The van der Waals surface area contributed by atoms with Gasteiger partial charge in [-0.1, -0.05) is 30.6 Å². The second-order valence-corrected chi connectivity index (χ2v) is 8.26. The molecule has 1 saturated carbocycles. The fourth-order valence-electron chi connectivity index (χ4n) is 4.04. The van der Waals surface area contributed by atoms with Gasteiger partial charge in [-0.05, 0) is 64.3 Å². The maximum atomic E-state index is 9.23. The highest BCUT2D eigenvalue weighted by atomic mass is 16.7. The summed E-state index contributed by atoms with van der Waals surface area (Å²) in [5, 5.41) is 9.23. The van der Waals surface area contributed by atoms with Crippen LogP contribution in [0, 0.1) is 23.2 Å². The van der Waals surface area contributed by atoms with E-state index in [1.54, 1.807) is 0 Å². The van der Waals surface area contributed by atoms with Crippen LogP contribution in [0.5, 0.6) is 0 Å². The van der Waals surface area contributed by atoms with E-state index in [2.05, 4.69) is 45.9 Å². The predicted molar refractivity (Wildman–Crippen MR) is 92.5 cm³/mol. The summed E-state index contributed by atoms with van der Waals surface area (Å²) in [4.78, 5) is 0. The molecule has 1 saturated heterocycles. The topological polar surface area (TPSA) is 42.2 Å². The van der Waals surface area contributed by atoms with Gasteiger partial charge < -0.3 is 9.31 Å². The molecule has 1 heterocycles. The monoisotopic (exact) mass is 313 g/mol. The predicted octanol–water partition coefficient (Wildman–Crippen LogP) is 4.59. The summed E-state index contributed by atoms with van der Waals surface area (Å²) in [7, 11) is -0.250. The van der Waals surface area contributed by atoms with E-state index in [1.807, 2.05) is 0 Å². The number of nitriles is 1. The molecule has 23 heavy (non-hydrogen) atoms. The highest BCUT2D eigenvalue weighted by Crippen LogP contribution is 2.44. The molecule has 4 heteroatoms. The van der Waals surface area contributed by atoms with Gasteiger partial charge in [0.15, 0.2) is 0 Å². The van der Waals surface area contributed by atoms with Crippen molar-refractivity contribution in [2.24, 2.45) is 11.8 Å². The molecule has 0 aromatic rings. The van der Waals surface area contributed by atoms with Gasteiger partial charge in [0.1, 0.15) is 0 Å². The molecule has 0 radical (unpaired) electrons. The standard InChI is InChI=1S/C19H28BNO2/c1-18(2)19(3,4)23-20(22-18)16-10-9-15(13-16)17(11-12-21)14-7-5-6-8-14/h9-10,14,17H,5-8,11,13H2,1-4H3. The Morgan fingerprint density at radius 2 is 1.78 bits per heavy atom. The maximum Gasteiger partial charge on any atom is 0.490 e. The van der Waals surface area contributed by atoms with Gasteiger partial charge in [0, 0.05) is 6.42 Å². The van der Waals surface area contributed by atoms with Crippen LogP contribution < -0.4 is 0 Å². The third kappa shape index (κ3) is 3.14. The molecule has 2 fully saturated rings. The molecule has 2 aliphatic carbocycles. The fourth-order valence-corrected chi connectivity index (χ4v) is 4.04. The molecule has 0 aromatic heterocycles. The maximum absolute atomic E-state index is 9.23. The molecule has 0 aromatic carbocycles. The van der Waals surface area contributed by atoms with Gasteiger partial charge in [0.05, 0.1) is 17.3 Å². The van der Waals surface area contributed by atoms with Crippen molar-refractivity contribution in [2.45, 2.75) is 77.4 Å². The summed E-state index contributed by atoms with van der Waals surface area (Å²) >= 11 is 0. The molecule has 3 rings (SSSR count). The van der Waals surface area contributed by atoms with E-state index in [1.165, 1.54) is 36.7 Å². The number of rotatable bonds is 4. The molecule has 0 spiro atoms. The van der Waals surface area contributed by atoms with Crippen molar-refractivity contribution >= 4 is 7.12 Å². The minimum atomic E-state index is -0.293. The molecule has 0 amide bonds. The first-order chi connectivity index (χ1) is 10.8. The minimum Gasteiger partial charge on any atom is -0.400 e. The van der Waals surface area contributed by atoms with Gasteiger partial charge in [0.2, 0.25) is 0 Å². The van der Waals surface area contributed by atoms with Gasteiger partial charge in [-0.15, -0.1) is 0 Å². The summed E-state index contributed by atoms with van der Waals surface area (Å²) in [6.45, 7) is 8.36. The Balaban J connectivity index is 1.66. The van der Waals surface area contributed by atoms with E-state index in [4.69, 9.17) is 9.31 Å². The zero-order valence-corrected chi connectivity index (χ0v) is 14.9. The molecular formula is C19H28BNO2. The lowest BCUT2D eigenvalue weighted by Gasteiger charge is -2.32. The van der Waals surface area contributed by atoms with Crippen molar-refractivity contribution in [3.8, 4) is 6.07 Å². The molecule has 3 nitrogen and oxygen atoms in total. The van der Waals surface area contributed by atoms with E-state index in [9.17, 15) is 5.26 Å². The molecule has 0 N–H and O–H groups in total. The van der Waals surface area contributed by atoms with Crippen LogP contribution in [-0.2, 0) is 9.31 Å². The lowest BCUT2D eigenvalue weighted by Crippen LogP contribution is -2.41. The fraction of sp³-hybridized carbons (Fsp3) is 0.737. The number of hydrogen-bond donors (Lipinski definition) is 0. The first-order valence-electron chi connectivity index (χ1n) is 8.96. The largest absolute Gasteiger partial charge is 0.490 e. The Hall–Kier alpha value is -1.05. The van der Waals surface area contributed by atoms with Crippen molar-refractivity contribution in [3.63, 3.8) is 0 Å². The normalized spacial score (nSPS) is 27.7. The van der Waals surface area contributed by atoms with Crippen LogP contribution in [0.1, 0.15) is 66.2 Å². The first-order valence-corrected chi connectivity index (χ1v) is 8.96. The SMILES string of the molecule is CC1(C)OB(C2=CC=C(C(CC#N)C3CCCC3)C2)OC1(C)C. The van der Waals surface area contributed by atoms with Crippen LogP contribution in [0.25, 0.3) is 0 Å². The van der Waals surface area contributed by atoms with Crippen molar-refractivity contribution in [3.05, 3.63) is 23.2 Å². The quantitative estimate of drug-likeness (QED) is 0.713. The highest BCUT2D eigenvalue weighted by molar-refractivity contribution is 6.55. The van der Waals surface area contributed by atoms with E-state index in [0.29, 0.717) is 18.3 Å². The molecule has 124 valence electrons. The van der Waals surface area contributed by atoms with Crippen LogP contribution in [0.4, 0.5) is 0 Å². The molecule has 1 unspecified atom stereocenters. The average molecular weight is 313 g/mol. The Bertz CT molecular complexity index is 548. The lowest BCUT2D eigenvalue weighted by molar-refractivity contribution is 0.00578. The van der Waals surface area contributed by atoms with Crippen molar-refractivity contribution < 1.29 is 9.31 Å². The molecule has 3 aliphatic rings. The molecule has 1 aliphatic heterocycles. The zero-order valence-electron chi connectivity index (χ0n) is 14.9. The average Bonchev–Trinajstić information content (AvgIpc) is 3.17. The van der Waals surface area contributed by atoms with Crippen LogP contribution in [0.2, 0.25) is 0 Å². The zero-order chi connectivity index (χ0) is 16.7. The molecular weight excluding hydrogens is 285 g/mol.